The van der Waals surface area contributed by atoms with E-state index in [1.807, 2.05) is 6.92 Å². The van der Waals surface area contributed by atoms with Gasteiger partial charge in [0.1, 0.15) is 11.6 Å². The molecule has 0 radical (unpaired) electrons. The lowest BCUT2D eigenvalue weighted by atomic mass is 9.80. The van der Waals surface area contributed by atoms with Crippen LogP contribution in [0.25, 0.3) is 0 Å². The largest absolute Gasteiger partial charge is 0.385 e. The number of hydrogen-bond donors (Lipinski definition) is 1. The summed E-state index contributed by atoms with van der Waals surface area (Å²) in [5, 5.41) is 0. The molecule has 0 saturated heterocycles. The van der Waals surface area contributed by atoms with Gasteiger partial charge in [0.25, 0.3) is 0 Å². The van der Waals surface area contributed by atoms with E-state index in [4.69, 9.17) is 10.5 Å². The van der Waals surface area contributed by atoms with Crippen LogP contribution in [0.4, 0.5) is 8.78 Å². The third kappa shape index (κ3) is 3.48. The lowest BCUT2D eigenvalue weighted by molar-refractivity contribution is 0.159. The summed E-state index contributed by atoms with van der Waals surface area (Å²) in [6, 6.07) is 3.41. The van der Waals surface area contributed by atoms with Crippen molar-refractivity contribution in [3.05, 3.63) is 35.4 Å². The zero-order valence-electron chi connectivity index (χ0n) is 10.5. The van der Waals surface area contributed by atoms with E-state index in [2.05, 4.69) is 0 Å². The van der Waals surface area contributed by atoms with Gasteiger partial charge in [0, 0.05) is 25.3 Å². The summed E-state index contributed by atoms with van der Waals surface area (Å²) in [6.07, 6.45) is 0.738. The highest BCUT2D eigenvalue weighted by Gasteiger charge is 2.29. The van der Waals surface area contributed by atoms with Crippen molar-refractivity contribution in [3.63, 3.8) is 0 Å². The van der Waals surface area contributed by atoms with Gasteiger partial charge in [-0.2, -0.15) is 0 Å². The first-order chi connectivity index (χ1) is 7.87. The van der Waals surface area contributed by atoms with Crippen LogP contribution in [0.5, 0.6) is 0 Å². The van der Waals surface area contributed by atoms with Crippen molar-refractivity contribution in [2.45, 2.75) is 25.8 Å². The summed E-state index contributed by atoms with van der Waals surface area (Å²) in [6.45, 7) is 4.30. The fraction of sp³-hybridized carbons (Fsp3) is 0.538. The Morgan fingerprint density at radius 2 is 1.82 bits per heavy atom. The van der Waals surface area contributed by atoms with Crippen LogP contribution in [0.1, 0.15) is 25.8 Å². The van der Waals surface area contributed by atoms with E-state index in [0.29, 0.717) is 12.2 Å². The quantitative estimate of drug-likeness (QED) is 0.863. The fourth-order valence-corrected chi connectivity index (χ4v) is 1.74. The highest BCUT2D eigenvalue weighted by Crippen LogP contribution is 2.29. The van der Waals surface area contributed by atoms with E-state index in [1.54, 1.807) is 14.0 Å². The lowest BCUT2D eigenvalue weighted by Gasteiger charge is -2.32. The van der Waals surface area contributed by atoms with Gasteiger partial charge in [-0.25, -0.2) is 8.78 Å². The Bertz CT molecular complexity index is 359. The van der Waals surface area contributed by atoms with Crippen molar-refractivity contribution < 1.29 is 13.5 Å². The van der Waals surface area contributed by atoms with Gasteiger partial charge < -0.3 is 10.5 Å². The van der Waals surface area contributed by atoms with Gasteiger partial charge in [0.2, 0.25) is 0 Å². The summed E-state index contributed by atoms with van der Waals surface area (Å²) in [5.41, 5.74) is 5.87. The van der Waals surface area contributed by atoms with Crippen molar-refractivity contribution in [3.8, 4) is 0 Å². The van der Waals surface area contributed by atoms with Crippen LogP contribution in [-0.4, -0.2) is 13.7 Å². The summed E-state index contributed by atoms with van der Waals surface area (Å²) < 4.78 is 31.3. The number of rotatable bonds is 5. The topological polar surface area (TPSA) is 35.2 Å². The lowest BCUT2D eigenvalue weighted by Crippen LogP contribution is -2.40. The normalized spacial score (nSPS) is 16.6. The first-order valence-corrected chi connectivity index (χ1v) is 5.62. The molecule has 0 amide bonds. The highest BCUT2D eigenvalue weighted by molar-refractivity contribution is 5.25. The molecule has 4 heteroatoms. The minimum Gasteiger partial charge on any atom is -0.385 e. The van der Waals surface area contributed by atoms with Crippen LogP contribution in [0.15, 0.2) is 18.2 Å². The van der Waals surface area contributed by atoms with E-state index in [0.717, 1.165) is 12.5 Å². The van der Waals surface area contributed by atoms with Crippen LogP contribution in [-0.2, 0) is 10.3 Å². The Balaban J connectivity index is 2.94. The number of benzene rings is 1. The second kappa shape index (κ2) is 5.56. The predicted molar refractivity (Wildman–Crippen MR) is 63.6 cm³/mol. The van der Waals surface area contributed by atoms with E-state index in [-0.39, 0.29) is 5.92 Å². The van der Waals surface area contributed by atoms with Crippen LogP contribution in [0, 0.1) is 17.6 Å². The van der Waals surface area contributed by atoms with Gasteiger partial charge >= 0.3 is 0 Å². The van der Waals surface area contributed by atoms with Gasteiger partial charge in [-0.1, -0.05) is 6.92 Å². The third-order valence-electron chi connectivity index (χ3n) is 3.26. The van der Waals surface area contributed by atoms with Crippen LogP contribution in [0.2, 0.25) is 0 Å². The molecule has 0 fully saturated rings. The molecule has 2 atom stereocenters. The number of nitrogens with two attached hydrogens (primary N) is 1. The molecule has 1 aromatic rings. The number of halogens is 2. The summed E-state index contributed by atoms with van der Waals surface area (Å²) in [4.78, 5) is 0. The SMILES string of the molecule is COCCC(C)C(C)(N)c1cc(F)cc(F)c1. The average molecular weight is 243 g/mol. The molecule has 0 heterocycles. The zero-order valence-corrected chi connectivity index (χ0v) is 10.5. The average Bonchev–Trinajstić information content (AvgIpc) is 2.24. The maximum Gasteiger partial charge on any atom is 0.126 e. The van der Waals surface area contributed by atoms with Crippen molar-refractivity contribution in [1.29, 1.82) is 0 Å². The van der Waals surface area contributed by atoms with E-state index >= 15 is 0 Å². The first-order valence-electron chi connectivity index (χ1n) is 5.62. The monoisotopic (exact) mass is 243 g/mol. The molecule has 17 heavy (non-hydrogen) atoms. The van der Waals surface area contributed by atoms with Gasteiger partial charge in [-0.3, -0.25) is 0 Å². The zero-order chi connectivity index (χ0) is 13.1. The van der Waals surface area contributed by atoms with Gasteiger partial charge in [-0.05, 0) is 37.0 Å². The van der Waals surface area contributed by atoms with Gasteiger partial charge in [0.05, 0.1) is 0 Å². The second-order valence-electron chi connectivity index (χ2n) is 4.62. The van der Waals surface area contributed by atoms with Crippen LogP contribution >= 0.6 is 0 Å². The smallest absolute Gasteiger partial charge is 0.126 e. The van der Waals surface area contributed by atoms with E-state index < -0.39 is 17.2 Å². The standard InChI is InChI=1S/C13H19F2NO/c1-9(4-5-17-3)13(2,16)10-6-11(14)8-12(15)7-10/h6-9H,4-5,16H2,1-3H3. The molecule has 2 N–H and O–H groups in total. The minimum atomic E-state index is -0.776. The molecule has 0 saturated carbocycles. The Hall–Kier alpha value is -1.00. The molecular formula is C13H19F2NO. The van der Waals surface area contributed by atoms with Gasteiger partial charge in [0.15, 0.2) is 0 Å². The highest BCUT2D eigenvalue weighted by atomic mass is 19.1. The second-order valence-corrected chi connectivity index (χ2v) is 4.62. The molecule has 0 spiro atoms. The van der Waals surface area contributed by atoms with Crippen molar-refractivity contribution >= 4 is 0 Å². The van der Waals surface area contributed by atoms with Crippen molar-refractivity contribution in [1.82, 2.24) is 0 Å². The summed E-state index contributed by atoms with van der Waals surface area (Å²) >= 11 is 0. The van der Waals surface area contributed by atoms with Gasteiger partial charge in [-0.15, -0.1) is 0 Å². The predicted octanol–water partition coefficient (Wildman–Crippen LogP) is 2.81. The molecule has 0 aliphatic rings. The first kappa shape index (κ1) is 14.1. The minimum absolute atomic E-state index is 0.0589. The number of hydrogen-bond acceptors (Lipinski definition) is 2. The van der Waals surface area contributed by atoms with Crippen LogP contribution < -0.4 is 5.73 Å². The molecule has 2 unspecified atom stereocenters. The van der Waals surface area contributed by atoms with Crippen molar-refractivity contribution in [2.75, 3.05) is 13.7 Å². The Morgan fingerprint density at radius 3 is 2.29 bits per heavy atom. The Kier molecular flexibility index (Phi) is 4.60. The number of methoxy groups -OCH3 is 1. The summed E-state index contributed by atoms with van der Waals surface area (Å²) in [5.74, 6) is -1.14. The molecule has 0 aromatic heterocycles. The molecule has 1 aromatic carbocycles. The summed E-state index contributed by atoms with van der Waals surface area (Å²) in [7, 11) is 1.61. The molecule has 2 nitrogen and oxygen atoms in total. The number of ether oxygens (including phenoxy) is 1. The maximum atomic E-state index is 13.2. The van der Waals surface area contributed by atoms with Crippen LogP contribution in [0.3, 0.4) is 0 Å². The molecule has 0 aliphatic heterocycles. The molecule has 1 rings (SSSR count). The third-order valence-corrected chi connectivity index (χ3v) is 3.26. The molecule has 96 valence electrons. The van der Waals surface area contributed by atoms with E-state index in [9.17, 15) is 8.78 Å². The Labute approximate surface area is 101 Å². The fourth-order valence-electron chi connectivity index (χ4n) is 1.74. The Morgan fingerprint density at radius 1 is 1.29 bits per heavy atom. The maximum absolute atomic E-state index is 13.2. The van der Waals surface area contributed by atoms with E-state index in [1.165, 1.54) is 12.1 Å². The van der Waals surface area contributed by atoms with Crippen molar-refractivity contribution in [2.24, 2.45) is 11.7 Å². The molecule has 0 aliphatic carbocycles. The molecular weight excluding hydrogens is 224 g/mol. The molecule has 0 bridgehead atoms.